The summed E-state index contributed by atoms with van der Waals surface area (Å²) in [5, 5.41) is 14.5. The highest BCUT2D eigenvalue weighted by molar-refractivity contribution is 6.20. The van der Waals surface area contributed by atoms with Crippen molar-refractivity contribution < 1.29 is 0 Å². The second-order valence-corrected chi connectivity index (χ2v) is 12.3. The van der Waals surface area contributed by atoms with Gasteiger partial charge in [0.05, 0.1) is 16.6 Å². The molecule has 0 aliphatic heterocycles. The number of hydrogen-bond acceptors (Lipinski definition) is 3. The third kappa shape index (κ3) is 3.85. The largest absolute Gasteiger partial charge is 0.294 e. The molecule has 44 heavy (non-hydrogen) atoms. The highest BCUT2D eigenvalue weighted by Gasteiger charge is 2.25. The van der Waals surface area contributed by atoms with Gasteiger partial charge in [-0.1, -0.05) is 99.6 Å². The number of nitriles is 1. The third-order valence-electron chi connectivity index (χ3n) is 8.58. The predicted molar refractivity (Wildman–Crippen MR) is 180 cm³/mol. The molecular formula is C39H29N5. The molecule has 0 radical (unpaired) electrons. The summed E-state index contributed by atoms with van der Waals surface area (Å²) in [7, 11) is 0. The zero-order valence-electron chi connectivity index (χ0n) is 24.8. The van der Waals surface area contributed by atoms with Gasteiger partial charge in [-0.05, 0) is 58.5 Å². The number of fused-ring (bicyclic) bond motifs is 6. The molecule has 0 aliphatic carbocycles. The van der Waals surface area contributed by atoms with E-state index in [9.17, 15) is 5.26 Å². The van der Waals surface area contributed by atoms with Gasteiger partial charge in [-0.25, -0.2) is 9.97 Å². The van der Waals surface area contributed by atoms with Crippen LogP contribution in [0.3, 0.4) is 0 Å². The molecule has 4 aromatic heterocycles. The van der Waals surface area contributed by atoms with E-state index in [0.717, 1.165) is 66.5 Å². The maximum Gasteiger partial charge on any atom is 0.150 e. The van der Waals surface area contributed by atoms with Crippen LogP contribution in [-0.4, -0.2) is 19.1 Å². The van der Waals surface area contributed by atoms with Gasteiger partial charge in [0.15, 0.2) is 5.65 Å². The lowest BCUT2D eigenvalue weighted by molar-refractivity contribution is 0.588. The molecule has 210 valence electrons. The standard InChI is InChI=1S/C39H29N5/c1-39(2,3)27-20-21-41-34(23-27)44-33-19-10-8-17-30(33)36-31(24-40)35-29-16-7-9-18-32(29)43(37(35)42-38(36)44)28-15-11-14-26(22-28)25-12-5-4-6-13-25/h4-23H,1-3H3. The van der Waals surface area contributed by atoms with Crippen molar-refractivity contribution in [3.05, 3.63) is 133 Å². The van der Waals surface area contributed by atoms with Crippen molar-refractivity contribution in [2.24, 2.45) is 0 Å². The Labute approximate surface area is 255 Å². The number of nitrogens with zero attached hydrogens (tertiary/aromatic N) is 5. The molecule has 0 saturated heterocycles. The van der Waals surface area contributed by atoms with Gasteiger partial charge >= 0.3 is 0 Å². The third-order valence-corrected chi connectivity index (χ3v) is 8.58. The van der Waals surface area contributed by atoms with Gasteiger partial charge in [-0.2, -0.15) is 5.26 Å². The number of aromatic nitrogens is 4. The van der Waals surface area contributed by atoms with Crippen LogP contribution < -0.4 is 0 Å². The molecule has 0 spiro atoms. The monoisotopic (exact) mass is 567 g/mol. The van der Waals surface area contributed by atoms with E-state index in [0.29, 0.717) is 5.56 Å². The minimum Gasteiger partial charge on any atom is -0.294 e. The van der Waals surface area contributed by atoms with Crippen molar-refractivity contribution >= 4 is 43.9 Å². The number of hydrogen-bond donors (Lipinski definition) is 0. The van der Waals surface area contributed by atoms with Crippen LogP contribution in [0.15, 0.2) is 121 Å². The van der Waals surface area contributed by atoms with Gasteiger partial charge < -0.3 is 0 Å². The number of benzene rings is 4. The van der Waals surface area contributed by atoms with E-state index in [1.54, 1.807) is 0 Å². The van der Waals surface area contributed by atoms with Gasteiger partial charge in [-0.15, -0.1) is 0 Å². The summed E-state index contributed by atoms with van der Waals surface area (Å²) in [6.07, 6.45) is 1.87. The SMILES string of the molecule is CC(C)(C)c1ccnc(-n2c3ccccc3c3c(C#N)c4c5ccccc5n(-c5cccc(-c6ccccc6)c5)c4nc32)c1. The summed E-state index contributed by atoms with van der Waals surface area (Å²) < 4.78 is 4.31. The van der Waals surface area contributed by atoms with Crippen molar-refractivity contribution in [1.29, 1.82) is 5.26 Å². The van der Waals surface area contributed by atoms with Gasteiger partial charge in [-0.3, -0.25) is 9.13 Å². The molecule has 0 bridgehead atoms. The van der Waals surface area contributed by atoms with Crippen molar-refractivity contribution in [3.8, 4) is 28.7 Å². The average molecular weight is 568 g/mol. The minimum absolute atomic E-state index is 0.0504. The van der Waals surface area contributed by atoms with Crippen LogP contribution in [0.5, 0.6) is 0 Å². The van der Waals surface area contributed by atoms with E-state index in [4.69, 9.17) is 9.97 Å². The molecule has 0 aliphatic rings. The summed E-state index contributed by atoms with van der Waals surface area (Å²) in [6.45, 7) is 6.61. The topological polar surface area (TPSA) is 59.4 Å². The fourth-order valence-electron chi connectivity index (χ4n) is 6.45. The first-order valence-electron chi connectivity index (χ1n) is 14.8. The Kier molecular flexibility index (Phi) is 5.69. The molecule has 0 fully saturated rings. The molecule has 8 rings (SSSR count). The lowest BCUT2D eigenvalue weighted by atomic mass is 9.88. The summed E-state index contributed by atoms with van der Waals surface area (Å²) in [6, 6.07) is 42.2. The van der Waals surface area contributed by atoms with Crippen LogP contribution in [0, 0.1) is 11.3 Å². The van der Waals surface area contributed by atoms with E-state index >= 15 is 0 Å². The molecule has 8 aromatic rings. The number of rotatable bonds is 3. The van der Waals surface area contributed by atoms with Crippen molar-refractivity contribution in [2.45, 2.75) is 26.2 Å². The van der Waals surface area contributed by atoms with Crippen molar-refractivity contribution in [1.82, 2.24) is 19.1 Å². The zero-order valence-corrected chi connectivity index (χ0v) is 24.8. The first-order valence-corrected chi connectivity index (χ1v) is 14.8. The lowest BCUT2D eigenvalue weighted by Crippen LogP contribution is -2.12. The summed E-state index contributed by atoms with van der Waals surface area (Å²) in [5.41, 5.74) is 8.46. The van der Waals surface area contributed by atoms with E-state index < -0.39 is 0 Å². The molecule has 0 atom stereocenters. The first kappa shape index (κ1) is 25.9. The quantitative estimate of drug-likeness (QED) is 0.214. The smallest absolute Gasteiger partial charge is 0.150 e. The second-order valence-electron chi connectivity index (χ2n) is 12.3. The van der Waals surface area contributed by atoms with Gasteiger partial charge in [0, 0.05) is 33.4 Å². The zero-order chi connectivity index (χ0) is 30.0. The Morgan fingerprint density at radius 2 is 1.25 bits per heavy atom. The van der Waals surface area contributed by atoms with Crippen molar-refractivity contribution in [2.75, 3.05) is 0 Å². The van der Waals surface area contributed by atoms with Crippen molar-refractivity contribution in [3.63, 3.8) is 0 Å². The van der Waals surface area contributed by atoms with Gasteiger partial charge in [0.25, 0.3) is 0 Å². The predicted octanol–water partition coefficient (Wildman–Crippen LogP) is 9.51. The molecule has 0 N–H and O–H groups in total. The van der Waals surface area contributed by atoms with E-state index in [1.165, 1.54) is 5.56 Å². The summed E-state index contributed by atoms with van der Waals surface area (Å²) >= 11 is 0. The molecule has 4 heterocycles. The Morgan fingerprint density at radius 1 is 0.636 bits per heavy atom. The van der Waals surface area contributed by atoms with Crippen LogP contribution in [0.1, 0.15) is 31.9 Å². The molecule has 4 aromatic carbocycles. The summed E-state index contributed by atoms with van der Waals surface area (Å²) in [4.78, 5) is 10.3. The Hall–Kier alpha value is -5.73. The van der Waals surface area contributed by atoms with Crippen LogP contribution in [-0.2, 0) is 5.41 Å². The fraction of sp³-hybridized carbons (Fsp3) is 0.103. The van der Waals surface area contributed by atoms with Gasteiger partial charge in [0.1, 0.15) is 17.5 Å². The first-order chi connectivity index (χ1) is 21.4. The fourth-order valence-corrected chi connectivity index (χ4v) is 6.45. The van der Waals surface area contributed by atoms with E-state index in [2.05, 4.69) is 121 Å². The van der Waals surface area contributed by atoms with Crippen LogP contribution in [0.25, 0.3) is 66.5 Å². The Bertz CT molecular complexity index is 2430. The van der Waals surface area contributed by atoms with Gasteiger partial charge in [0.2, 0.25) is 0 Å². The Morgan fingerprint density at radius 3 is 1.93 bits per heavy atom. The second kappa shape index (κ2) is 9.65. The molecule has 0 amide bonds. The molecule has 0 saturated carbocycles. The number of pyridine rings is 2. The average Bonchev–Trinajstić information content (AvgIpc) is 3.56. The molecule has 5 nitrogen and oxygen atoms in total. The molecule has 0 unspecified atom stereocenters. The minimum atomic E-state index is -0.0504. The molecular weight excluding hydrogens is 538 g/mol. The number of para-hydroxylation sites is 2. The highest BCUT2D eigenvalue weighted by atomic mass is 15.1. The maximum atomic E-state index is 10.8. The molecule has 5 heteroatoms. The lowest BCUT2D eigenvalue weighted by Gasteiger charge is -2.19. The Balaban J connectivity index is 1.53. The van der Waals surface area contributed by atoms with E-state index in [1.807, 2.05) is 36.5 Å². The van der Waals surface area contributed by atoms with Crippen LogP contribution >= 0.6 is 0 Å². The summed E-state index contributed by atoms with van der Waals surface area (Å²) in [5.74, 6) is 0.785. The highest BCUT2D eigenvalue weighted by Crippen LogP contribution is 2.41. The normalized spacial score (nSPS) is 12.0. The van der Waals surface area contributed by atoms with Crippen LogP contribution in [0.2, 0.25) is 0 Å². The maximum absolute atomic E-state index is 10.8. The van der Waals surface area contributed by atoms with E-state index in [-0.39, 0.29) is 5.41 Å². The van der Waals surface area contributed by atoms with Crippen LogP contribution in [0.4, 0.5) is 0 Å².